The molecule has 0 saturated carbocycles. The monoisotopic (exact) mass is 402 g/mol. The van der Waals surface area contributed by atoms with Crippen LogP contribution < -0.4 is 14.8 Å². The molecule has 0 aliphatic heterocycles. The van der Waals surface area contributed by atoms with Gasteiger partial charge in [0, 0.05) is 22.7 Å². The first-order valence-corrected chi connectivity index (χ1v) is 9.50. The van der Waals surface area contributed by atoms with Crippen molar-refractivity contribution in [2.75, 3.05) is 19.5 Å². The molecular weight excluding hydrogens is 380 g/mol. The zero-order valence-corrected chi connectivity index (χ0v) is 17.0. The van der Waals surface area contributed by atoms with Crippen molar-refractivity contribution in [1.29, 1.82) is 0 Å². The van der Waals surface area contributed by atoms with Crippen LogP contribution in [0.2, 0.25) is 0 Å². The van der Waals surface area contributed by atoms with Crippen molar-refractivity contribution >= 4 is 22.6 Å². The lowest BCUT2D eigenvalue weighted by atomic mass is 10.1. The van der Waals surface area contributed by atoms with Crippen molar-refractivity contribution in [2.45, 2.75) is 13.5 Å². The van der Waals surface area contributed by atoms with E-state index in [1.54, 1.807) is 37.2 Å². The minimum atomic E-state index is -0.212. The van der Waals surface area contributed by atoms with Crippen LogP contribution in [0.4, 0.5) is 5.82 Å². The van der Waals surface area contributed by atoms with E-state index in [1.165, 1.54) is 0 Å². The summed E-state index contributed by atoms with van der Waals surface area (Å²) in [4.78, 5) is 17.6. The Kier molecular flexibility index (Phi) is 5.34. The maximum atomic E-state index is 13.1. The Balaban J connectivity index is 1.63. The minimum absolute atomic E-state index is 0.212. The van der Waals surface area contributed by atoms with Gasteiger partial charge in [-0.15, -0.1) is 0 Å². The first-order chi connectivity index (χ1) is 14.6. The number of amides is 1. The van der Waals surface area contributed by atoms with E-state index in [0.29, 0.717) is 29.4 Å². The number of nitrogens with one attached hydrogen (secondary N) is 1. The second-order valence-electron chi connectivity index (χ2n) is 6.81. The fourth-order valence-electron chi connectivity index (χ4n) is 3.48. The molecule has 30 heavy (non-hydrogen) atoms. The Morgan fingerprint density at radius 3 is 2.70 bits per heavy atom. The molecule has 2 heterocycles. The summed E-state index contributed by atoms with van der Waals surface area (Å²) in [6.45, 7) is 2.29. The highest BCUT2D eigenvalue weighted by Crippen LogP contribution is 2.31. The quantitative estimate of drug-likeness (QED) is 0.526. The molecule has 0 saturated heterocycles. The molecule has 1 amide bonds. The number of hydrogen-bond acceptors (Lipinski definition) is 5. The molecule has 0 spiro atoms. The smallest absolute Gasteiger partial charge is 0.257 e. The largest absolute Gasteiger partial charge is 0.493 e. The van der Waals surface area contributed by atoms with Crippen molar-refractivity contribution in [3.63, 3.8) is 0 Å². The highest BCUT2D eigenvalue weighted by atomic mass is 16.5. The highest BCUT2D eigenvalue weighted by Gasteiger charge is 2.16. The van der Waals surface area contributed by atoms with Gasteiger partial charge in [-0.1, -0.05) is 30.3 Å². The van der Waals surface area contributed by atoms with Crippen LogP contribution >= 0.6 is 0 Å². The fraction of sp³-hybridized carbons (Fsp3) is 0.174. The lowest BCUT2D eigenvalue weighted by molar-refractivity contribution is 0.102. The molecule has 0 atom stereocenters. The average Bonchev–Trinajstić information content (AvgIpc) is 3.19. The molecule has 4 rings (SSSR count). The molecule has 1 N–H and O–H groups in total. The lowest BCUT2D eigenvalue weighted by Gasteiger charge is -2.14. The van der Waals surface area contributed by atoms with Crippen LogP contribution in [0.15, 0.2) is 60.8 Å². The molecule has 7 heteroatoms. The van der Waals surface area contributed by atoms with Crippen molar-refractivity contribution in [3.05, 3.63) is 77.6 Å². The first kappa shape index (κ1) is 19.4. The van der Waals surface area contributed by atoms with Gasteiger partial charge in [-0.05, 0) is 25.1 Å². The summed E-state index contributed by atoms with van der Waals surface area (Å²) in [5.41, 5.74) is 3.04. The third-order valence-electron chi connectivity index (χ3n) is 4.85. The van der Waals surface area contributed by atoms with E-state index < -0.39 is 0 Å². The number of anilines is 1. The number of methoxy groups -OCH3 is 2. The number of carbonyl (C=O) groups is 1. The summed E-state index contributed by atoms with van der Waals surface area (Å²) in [5.74, 6) is 1.66. The van der Waals surface area contributed by atoms with E-state index in [9.17, 15) is 4.79 Å². The molecule has 0 bridgehead atoms. The van der Waals surface area contributed by atoms with Gasteiger partial charge in [-0.25, -0.2) is 4.68 Å². The molecular formula is C23H22N4O3. The minimum Gasteiger partial charge on any atom is -0.493 e. The number of fused-ring (bicyclic) bond motifs is 1. The molecule has 2 aromatic carbocycles. The van der Waals surface area contributed by atoms with Crippen LogP contribution in [0.25, 0.3) is 10.9 Å². The predicted octanol–water partition coefficient (Wildman–Crippen LogP) is 4.06. The van der Waals surface area contributed by atoms with Crippen molar-refractivity contribution in [1.82, 2.24) is 14.8 Å². The zero-order valence-electron chi connectivity index (χ0n) is 17.0. The lowest BCUT2D eigenvalue weighted by Crippen LogP contribution is -2.17. The van der Waals surface area contributed by atoms with E-state index in [0.717, 1.165) is 22.2 Å². The van der Waals surface area contributed by atoms with Gasteiger partial charge in [0.2, 0.25) is 0 Å². The Morgan fingerprint density at radius 1 is 1.07 bits per heavy atom. The Bertz CT molecular complexity index is 1220. The molecule has 7 nitrogen and oxygen atoms in total. The predicted molar refractivity (Wildman–Crippen MR) is 115 cm³/mol. The van der Waals surface area contributed by atoms with Gasteiger partial charge in [-0.3, -0.25) is 9.78 Å². The van der Waals surface area contributed by atoms with Crippen molar-refractivity contribution in [3.8, 4) is 11.5 Å². The third kappa shape index (κ3) is 3.69. The number of hydrogen-bond donors (Lipinski definition) is 1. The number of ether oxygens (including phenoxy) is 2. The highest BCUT2D eigenvalue weighted by molar-refractivity contribution is 6.12. The number of aryl methyl sites for hydroxylation is 1. The number of pyridine rings is 1. The Hall–Kier alpha value is -3.87. The molecule has 4 aromatic rings. The standard InChI is InChI=1S/C23H22N4O3/c1-15-13-18(17-8-4-5-9-19(17)25-15)23(28)26-21-11-12-24-27(21)14-16-7-6-10-20(29-2)22(16)30-3/h4-13H,14H2,1-3H3,(H,26,28). The number of benzene rings is 2. The second kappa shape index (κ2) is 8.24. The topological polar surface area (TPSA) is 78.3 Å². The van der Waals surface area contributed by atoms with Gasteiger partial charge in [0.15, 0.2) is 11.5 Å². The molecule has 2 aromatic heterocycles. The van der Waals surface area contributed by atoms with Crippen molar-refractivity contribution < 1.29 is 14.3 Å². The van der Waals surface area contributed by atoms with Gasteiger partial charge in [0.05, 0.1) is 38.0 Å². The average molecular weight is 402 g/mol. The third-order valence-corrected chi connectivity index (χ3v) is 4.85. The van der Waals surface area contributed by atoms with Gasteiger partial charge >= 0.3 is 0 Å². The van der Waals surface area contributed by atoms with E-state index in [4.69, 9.17) is 9.47 Å². The number of carbonyl (C=O) groups excluding carboxylic acids is 1. The summed E-state index contributed by atoms with van der Waals surface area (Å²) >= 11 is 0. The van der Waals surface area contributed by atoms with Gasteiger partial charge in [-0.2, -0.15) is 5.10 Å². The molecule has 0 unspecified atom stereocenters. The van der Waals surface area contributed by atoms with E-state index >= 15 is 0 Å². The summed E-state index contributed by atoms with van der Waals surface area (Å²) in [6.07, 6.45) is 1.65. The molecule has 0 fully saturated rings. The maximum Gasteiger partial charge on any atom is 0.257 e. The number of rotatable bonds is 6. The van der Waals surface area contributed by atoms with Crippen LogP contribution in [0.3, 0.4) is 0 Å². The van der Waals surface area contributed by atoms with E-state index in [1.807, 2.05) is 49.4 Å². The number of nitrogens with zero attached hydrogens (tertiary/aromatic N) is 3. The maximum absolute atomic E-state index is 13.1. The number of para-hydroxylation sites is 2. The Labute approximate surface area is 174 Å². The molecule has 0 aliphatic carbocycles. The molecule has 0 radical (unpaired) electrons. The molecule has 152 valence electrons. The van der Waals surface area contributed by atoms with E-state index in [2.05, 4.69) is 15.4 Å². The summed E-state index contributed by atoms with van der Waals surface area (Å²) in [6, 6.07) is 16.8. The molecule has 0 aliphatic rings. The Morgan fingerprint density at radius 2 is 1.90 bits per heavy atom. The normalized spacial score (nSPS) is 10.8. The van der Waals surface area contributed by atoms with Crippen LogP contribution in [0.5, 0.6) is 11.5 Å². The summed E-state index contributed by atoms with van der Waals surface area (Å²) in [5, 5.41) is 8.14. The van der Waals surface area contributed by atoms with Crippen LogP contribution in [0, 0.1) is 6.92 Å². The fourth-order valence-corrected chi connectivity index (χ4v) is 3.48. The van der Waals surface area contributed by atoms with Gasteiger partial charge in [0.25, 0.3) is 5.91 Å². The summed E-state index contributed by atoms with van der Waals surface area (Å²) in [7, 11) is 3.20. The van der Waals surface area contributed by atoms with E-state index in [-0.39, 0.29) is 5.91 Å². The van der Waals surface area contributed by atoms with Gasteiger partial charge < -0.3 is 14.8 Å². The summed E-state index contributed by atoms with van der Waals surface area (Å²) < 4.78 is 12.6. The second-order valence-corrected chi connectivity index (χ2v) is 6.81. The zero-order chi connectivity index (χ0) is 21.1. The van der Waals surface area contributed by atoms with Crippen LogP contribution in [-0.2, 0) is 6.54 Å². The van der Waals surface area contributed by atoms with Crippen molar-refractivity contribution in [2.24, 2.45) is 0 Å². The van der Waals surface area contributed by atoms with Crippen LogP contribution in [0.1, 0.15) is 21.6 Å². The van der Waals surface area contributed by atoms with Crippen LogP contribution in [-0.4, -0.2) is 34.9 Å². The van der Waals surface area contributed by atoms with Gasteiger partial charge in [0.1, 0.15) is 5.82 Å². The number of aromatic nitrogens is 3. The SMILES string of the molecule is COc1cccc(Cn2nccc2NC(=O)c2cc(C)nc3ccccc23)c1OC. The first-order valence-electron chi connectivity index (χ1n) is 9.50.